The molecule has 0 aromatic carbocycles. The van der Waals surface area contributed by atoms with E-state index in [4.69, 9.17) is 23.7 Å². The summed E-state index contributed by atoms with van der Waals surface area (Å²) in [7, 11) is 0. The van der Waals surface area contributed by atoms with Crippen LogP contribution in [0, 0.1) is 0 Å². The van der Waals surface area contributed by atoms with Crippen LogP contribution in [0.1, 0.15) is 6.92 Å². The number of aliphatic hydroxyl groups excluding tert-OH is 13. The molecule has 14 N–H and O–H groups in total. The molecule has 4 aliphatic rings. The molecule has 3 heterocycles. The first kappa shape index (κ1) is 35.8. The summed E-state index contributed by atoms with van der Waals surface area (Å²) in [5.74, 6) is 0. The summed E-state index contributed by atoms with van der Waals surface area (Å²) >= 11 is 0. The van der Waals surface area contributed by atoms with Crippen LogP contribution in [0.15, 0.2) is 11.6 Å². The molecular formula is C25H43NO18. The molecule has 3 aliphatic heterocycles. The van der Waals surface area contributed by atoms with Crippen LogP contribution in [-0.4, -0.2) is 203 Å². The normalized spacial score (nSPS) is 52.0. The van der Waals surface area contributed by atoms with Crippen LogP contribution in [0.2, 0.25) is 0 Å². The summed E-state index contributed by atoms with van der Waals surface area (Å²) in [4.78, 5) is 0. The van der Waals surface area contributed by atoms with Crippen molar-refractivity contribution < 1.29 is 90.1 Å². The predicted octanol–water partition coefficient (Wildman–Crippen LogP) is -8.56. The Morgan fingerprint density at radius 3 is 1.73 bits per heavy atom. The Balaban J connectivity index is 1.42. The summed E-state index contributed by atoms with van der Waals surface area (Å²) in [6.07, 6.45) is -26.6. The summed E-state index contributed by atoms with van der Waals surface area (Å²) < 4.78 is 27.4. The van der Waals surface area contributed by atoms with Gasteiger partial charge in [0.05, 0.1) is 38.0 Å². The average Bonchev–Trinajstić information content (AvgIpc) is 3.00. The average molecular weight is 646 g/mol. The lowest BCUT2D eigenvalue weighted by atomic mass is 9.86. The van der Waals surface area contributed by atoms with Gasteiger partial charge in [-0.3, -0.25) is 0 Å². The summed E-state index contributed by atoms with van der Waals surface area (Å²) in [6.45, 7) is -0.753. The maximum Gasteiger partial charge on any atom is 0.187 e. The Kier molecular flexibility index (Phi) is 12.1. The highest BCUT2D eigenvalue weighted by Gasteiger charge is 2.53. The predicted molar refractivity (Wildman–Crippen MR) is 138 cm³/mol. The number of hydrogen-bond acceptors (Lipinski definition) is 19. The molecule has 19 heteroatoms. The van der Waals surface area contributed by atoms with E-state index in [2.05, 4.69) is 5.32 Å². The summed E-state index contributed by atoms with van der Waals surface area (Å²) in [6, 6.07) is -2.17. The highest BCUT2D eigenvalue weighted by molar-refractivity contribution is 5.22. The van der Waals surface area contributed by atoms with Gasteiger partial charge in [-0.15, -0.1) is 0 Å². The minimum atomic E-state index is -1.93. The van der Waals surface area contributed by atoms with Crippen molar-refractivity contribution in [2.24, 2.45) is 0 Å². The van der Waals surface area contributed by atoms with Crippen molar-refractivity contribution in [3.05, 3.63) is 11.6 Å². The van der Waals surface area contributed by atoms with Gasteiger partial charge in [-0.2, -0.15) is 0 Å². The maximum absolute atomic E-state index is 10.9. The van der Waals surface area contributed by atoms with Gasteiger partial charge in [0.1, 0.15) is 79.4 Å². The lowest BCUT2D eigenvalue weighted by Gasteiger charge is -2.48. The monoisotopic (exact) mass is 645 g/mol. The summed E-state index contributed by atoms with van der Waals surface area (Å²) in [5.41, 5.74) is 0.0225. The van der Waals surface area contributed by atoms with E-state index in [1.807, 2.05) is 0 Å². The Morgan fingerprint density at radius 1 is 0.636 bits per heavy atom. The second-order valence-electron chi connectivity index (χ2n) is 11.4. The van der Waals surface area contributed by atoms with Gasteiger partial charge < -0.3 is 95.4 Å². The first-order valence-electron chi connectivity index (χ1n) is 14.1. The Hall–Kier alpha value is -1.02. The molecule has 0 aromatic rings. The van der Waals surface area contributed by atoms with Crippen LogP contribution in [0.4, 0.5) is 0 Å². The molecular weight excluding hydrogens is 602 g/mol. The molecule has 19 atom stereocenters. The van der Waals surface area contributed by atoms with E-state index in [9.17, 15) is 66.4 Å². The fourth-order valence-corrected chi connectivity index (χ4v) is 5.81. The van der Waals surface area contributed by atoms with Gasteiger partial charge in [0.15, 0.2) is 18.9 Å². The van der Waals surface area contributed by atoms with E-state index < -0.39 is 136 Å². The van der Waals surface area contributed by atoms with Crippen LogP contribution in [-0.2, 0) is 23.7 Å². The number of ether oxygens (including phenoxy) is 5. The molecule has 3 saturated heterocycles. The molecule has 0 aromatic heterocycles. The van der Waals surface area contributed by atoms with E-state index >= 15 is 0 Å². The van der Waals surface area contributed by atoms with Crippen LogP contribution >= 0.6 is 0 Å². The molecule has 256 valence electrons. The van der Waals surface area contributed by atoms with Crippen molar-refractivity contribution >= 4 is 0 Å². The first-order valence-corrected chi connectivity index (χ1v) is 14.1. The van der Waals surface area contributed by atoms with Gasteiger partial charge in [-0.05, 0) is 12.5 Å². The Morgan fingerprint density at radius 2 is 1.16 bits per heavy atom. The highest BCUT2D eigenvalue weighted by Crippen LogP contribution is 2.32. The van der Waals surface area contributed by atoms with Crippen molar-refractivity contribution in [1.29, 1.82) is 0 Å². The van der Waals surface area contributed by atoms with E-state index in [1.54, 1.807) is 0 Å². The number of rotatable bonds is 9. The van der Waals surface area contributed by atoms with E-state index in [-0.39, 0.29) is 5.57 Å². The topological polar surface area (TPSA) is 321 Å². The van der Waals surface area contributed by atoms with Crippen LogP contribution in [0.25, 0.3) is 0 Å². The van der Waals surface area contributed by atoms with Crippen LogP contribution in [0.3, 0.4) is 0 Å². The van der Waals surface area contributed by atoms with Gasteiger partial charge in [-0.25, -0.2) is 0 Å². The van der Waals surface area contributed by atoms with Crippen LogP contribution < -0.4 is 5.32 Å². The minimum absolute atomic E-state index is 0.0225. The van der Waals surface area contributed by atoms with Crippen molar-refractivity contribution in [3.8, 4) is 0 Å². The molecule has 0 saturated carbocycles. The molecule has 0 radical (unpaired) electrons. The maximum atomic E-state index is 10.9. The molecule has 0 spiro atoms. The Bertz CT molecular complexity index is 958. The summed E-state index contributed by atoms with van der Waals surface area (Å²) in [5, 5.41) is 136. The zero-order chi connectivity index (χ0) is 32.6. The largest absolute Gasteiger partial charge is 0.394 e. The van der Waals surface area contributed by atoms with E-state index in [1.165, 1.54) is 13.0 Å². The van der Waals surface area contributed by atoms with Gasteiger partial charge in [0.2, 0.25) is 0 Å². The van der Waals surface area contributed by atoms with Gasteiger partial charge in [-0.1, -0.05) is 6.08 Å². The molecule has 0 amide bonds. The lowest BCUT2D eigenvalue weighted by molar-refractivity contribution is -0.373. The van der Waals surface area contributed by atoms with E-state index in [0.717, 1.165) is 0 Å². The fraction of sp³-hybridized carbons (Fsp3) is 0.920. The molecule has 0 bridgehead atoms. The number of aliphatic hydroxyl groups is 13. The van der Waals surface area contributed by atoms with E-state index in [0.29, 0.717) is 0 Å². The third-order valence-electron chi connectivity index (χ3n) is 8.48. The van der Waals surface area contributed by atoms with Gasteiger partial charge in [0.25, 0.3) is 0 Å². The molecule has 3 fully saturated rings. The molecule has 0 unspecified atom stereocenters. The van der Waals surface area contributed by atoms with Gasteiger partial charge >= 0.3 is 0 Å². The second-order valence-corrected chi connectivity index (χ2v) is 11.4. The third kappa shape index (κ3) is 6.96. The zero-order valence-corrected chi connectivity index (χ0v) is 23.5. The molecule has 19 nitrogen and oxygen atoms in total. The first-order chi connectivity index (χ1) is 20.7. The Labute approximate surface area is 250 Å². The number of nitrogens with one attached hydrogen (secondary N) is 1. The van der Waals surface area contributed by atoms with Crippen molar-refractivity contribution in [2.75, 3.05) is 19.8 Å². The standard InChI is InChI=1S/C25H43NO18/c1-6-11(26-8-2-7(3-27)12(30)15(33)13(8)31)14(32)19(37)24(40-6)43-22-10(5-29)42-25(20(38)17(22)35)44-21-9(4-28)41-23(39)18(36)16(21)34/h2,6,8-39H,3-5H2,1H3/t6-,8+,9-,10-,11+,12-,13+,14+,15-,16-,17-,18+,19+,20+,21+,22+,23-,24+,25+/m0/s1. The molecule has 44 heavy (non-hydrogen) atoms. The van der Waals surface area contributed by atoms with Crippen LogP contribution in [0.5, 0.6) is 0 Å². The van der Waals surface area contributed by atoms with Crippen molar-refractivity contribution in [3.63, 3.8) is 0 Å². The minimum Gasteiger partial charge on any atom is -0.394 e. The molecule has 1 aliphatic carbocycles. The fourth-order valence-electron chi connectivity index (χ4n) is 5.81. The quantitative estimate of drug-likeness (QED) is 0.103. The SMILES string of the molecule is C[C@@H]1O[C@H](O[C@H]2[C@@H](O)[C@@H](O)[C@@H](O[C@H]3[C@@H](O)[C@@H](O)[C@@H](O)O[C@H]3CO)O[C@H]2CO)[C@H](O)[C@H](O)[C@@H]1N[C@@H]1C=C(CO)[C@H](O)[C@H](O)[C@@H]1O. The van der Waals surface area contributed by atoms with Crippen molar-refractivity contribution in [1.82, 2.24) is 5.32 Å². The lowest BCUT2D eigenvalue weighted by Crippen LogP contribution is -2.68. The molecule has 4 rings (SSSR count). The highest BCUT2D eigenvalue weighted by atomic mass is 16.7. The zero-order valence-electron chi connectivity index (χ0n) is 23.5. The smallest absolute Gasteiger partial charge is 0.187 e. The third-order valence-corrected chi connectivity index (χ3v) is 8.48. The van der Waals surface area contributed by atoms with Gasteiger partial charge in [0, 0.05) is 0 Å². The second kappa shape index (κ2) is 14.8. The number of hydrogen-bond donors (Lipinski definition) is 14. The van der Waals surface area contributed by atoms with Crippen molar-refractivity contribution in [2.45, 2.75) is 123 Å².